The molecule has 11 heteroatoms. The van der Waals surface area contributed by atoms with Crippen molar-refractivity contribution in [3.63, 3.8) is 0 Å². The Morgan fingerprint density at radius 1 is 0.778 bits per heavy atom. The summed E-state index contributed by atoms with van der Waals surface area (Å²) in [6.07, 6.45) is 4.97. The van der Waals surface area contributed by atoms with Crippen molar-refractivity contribution in [3.05, 3.63) is 65.7 Å². The molecule has 1 aliphatic heterocycles. The van der Waals surface area contributed by atoms with Crippen molar-refractivity contribution in [1.82, 2.24) is 0 Å². The molecule has 0 fully saturated rings. The summed E-state index contributed by atoms with van der Waals surface area (Å²) in [7, 11) is -3.46. The summed E-state index contributed by atoms with van der Waals surface area (Å²) < 4.78 is 48.2. The van der Waals surface area contributed by atoms with Gasteiger partial charge in [-0.1, -0.05) is 38.0 Å². The molecule has 0 aromatic heterocycles. The van der Waals surface area contributed by atoms with Gasteiger partial charge in [0.05, 0.1) is 23.9 Å². The molecule has 3 aromatic rings. The average molecular weight is 641 g/mol. The summed E-state index contributed by atoms with van der Waals surface area (Å²) >= 11 is 0. The number of carboxylic acids is 2. The minimum absolute atomic E-state index is 0.0121. The molecule has 0 aliphatic carbocycles. The van der Waals surface area contributed by atoms with Crippen molar-refractivity contribution in [3.8, 4) is 34.1 Å². The van der Waals surface area contributed by atoms with Gasteiger partial charge in [0.15, 0.2) is 21.3 Å². The Kier molecular flexibility index (Phi) is 12.1. The number of ether oxygens (including phenoxy) is 4. The zero-order valence-corrected chi connectivity index (χ0v) is 26.3. The molecule has 3 aromatic carbocycles. The van der Waals surface area contributed by atoms with E-state index in [1.807, 2.05) is 30.3 Å². The van der Waals surface area contributed by atoms with E-state index in [-0.39, 0.29) is 36.9 Å². The van der Waals surface area contributed by atoms with Crippen LogP contribution in [0.2, 0.25) is 0 Å². The van der Waals surface area contributed by atoms with Crippen LogP contribution in [0.5, 0.6) is 23.0 Å². The molecule has 0 saturated carbocycles. The maximum Gasteiger partial charge on any atom is 0.303 e. The van der Waals surface area contributed by atoms with Gasteiger partial charge in [-0.3, -0.25) is 9.59 Å². The zero-order chi connectivity index (χ0) is 32.2. The second-order valence-electron chi connectivity index (χ2n) is 10.8. The number of rotatable bonds is 19. The molecule has 0 atom stereocenters. The highest BCUT2D eigenvalue weighted by Crippen LogP contribution is 2.37. The van der Waals surface area contributed by atoms with Gasteiger partial charge in [-0.05, 0) is 90.8 Å². The van der Waals surface area contributed by atoms with Gasteiger partial charge in [0, 0.05) is 12.8 Å². The zero-order valence-electron chi connectivity index (χ0n) is 25.5. The third-order valence-corrected chi connectivity index (χ3v) is 9.26. The molecular formula is C34H40O10S. The molecule has 0 unspecified atom stereocenters. The smallest absolute Gasteiger partial charge is 0.303 e. The van der Waals surface area contributed by atoms with E-state index in [1.54, 1.807) is 31.2 Å². The number of hydrogen-bond acceptors (Lipinski definition) is 8. The van der Waals surface area contributed by atoms with Crippen LogP contribution >= 0.6 is 0 Å². The fourth-order valence-corrected chi connectivity index (χ4v) is 6.04. The standard InChI is InChI=1S/C34H40O10S/c1-2-45(39,40)28-20-26(25-13-15-31-32(21-25)44-23-43-31)19-27(22-28)41-17-6-4-3-5-9-24-10-7-11-30(29(24)14-16-34(37)38)42-18-8-12-33(35)36/h7,10-11,13,15,19-22H,2-6,8-9,12,14,16-18,23H2,1H3,(H,35,36)(H,37,38). The van der Waals surface area contributed by atoms with Crippen LogP contribution in [-0.4, -0.2) is 56.3 Å². The summed E-state index contributed by atoms with van der Waals surface area (Å²) in [5.74, 6) is 0.575. The SMILES string of the molecule is CCS(=O)(=O)c1cc(OCCCCCCc2cccc(OCCCC(=O)O)c2CCC(=O)O)cc(-c2ccc3c(c2)OCO3)c1. The van der Waals surface area contributed by atoms with Crippen molar-refractivity contribution in [2.75, 3.05) is 25.8 Å². The number of sulfone groups is 1. The second kappa shape index (κ2) is 16.2. The monoisotopic (exact) mass is 640 g/mol. The quantitative estimate of drug-likeness (QED) is 0.143. The maximum atomic E-state index is 12.7. The Labute approximate surface area is 263 Å². The van der Waals surface area contributed by atoms with Crippen LogP contribution in [0.25, 0.3) is 11.1 Å². The van der Waals surface area contributed by atoms with Crippen molar-refractivity contribution < 1.29 is 47.2 Å². The Bertz CT molecular complexity index is 1580. The second-order valence-corrected chi connectivity index (χ2v) is 13.1. The van der Waals surface area contributed by atoms with E-state index in [1.165, 1.54) is 0 Å². The fourth-order valence-electron chi connectivity index (χ4n) is 5.11. The molecule has 242 valence electrons. The number of hydrogen-bond donors (Lipinski definition) is 2. The van der Waals surface area contributed by atoms with Crippen LogP contribution in [0.1, 0.15) is 63.0 Å². The van der Waals surface area contributed by atoms with Crippen LogP contribution in [-0.2, 0) is 32.3 Å². The lowest BCUT2D eigenvalue weighted by Crippen LogP contribution is -2.07. The highest BCUT2D eigenvalue weighted by Gasteiger charge is 2.18. The molecule has 1 heterocycles. The van der Waals surface area contributed by atoms with E-state index in [0.717, 1.165) is 48.8 Å². The predicted molar refractivity (Wildman–Crippen MR) is 168 cm³/mol. The first-order valence-corrected chi connectivity index (χ1v) is 16.9. The minimum Gasteiger partial charge on any atom is -0.494 e. The van der Waals surface area contributed by atoms with Crippen LogP contribution in [0, 0.1) is 0 Å². The number of aryl methyl sites for hydroxylation is 1. The van der Waals surface area contributed by atoms with E-state index < -0.39 is 21.8 Å². The molecular weight excluding hydrogens is 600 g/mol. The highest BCUT2D eigenvalue weighted by atomic mass is 32.2. The maximum absolute atomic E-state index is 12.7. The van der Waals surface area contributed by atoms with Gasteiger partial charge in [-0.15, -0.1) is 0 Å². The molecule has 0 saturated heterocycles. The van der Waals surface area contributed by atoms with Crippen molar-refractivity contribution in [2.24, 2.45) is 0 Å². The fraction of sp³-hybridized carbons (Fsp3) is 0.412. The molecule has 10 nitrogen and oxygen atoms in total. The largest absolute Gasteiger partial charge is 0.494 e. The van der Waals surface area contributed by atoms with E-state index >= 15 is 0 Å². The van der Waals surface area contributed by atoms with Gasteiger partial charge in [0.2, 0.25) is 6.79 Å². The number of unbranched alkanes of at least 4 members (excludes halogenated alkanes) is 3. The third kappa shape index (κ3) is 9.87. The van der Waals surface area contributed by atoms with Crippen molar-refractivity contribution in [2.45, 2.75) is 69.6 Å². The predicted octanol–water partition coefficient (Wildman–Crippen LogP) is 6.32. The van der Waals surface area contributed by atoms with Gasteiger partial charge in [0.25, 0.3) is 0 Å². The molecule has 0 spiro atoms. The number of benzene rings is 3. The molecule has 0 radical (unpaired) electrons. The van der Waals surface area contributed by atoms with Crippen LogP contribution < -0.4 is 18.9 Å². The summed E-state index contributed by atoms with van der Waals surface area (Å²) in [5.41, 5.74) is 3.41. The van der Waals surface area contributed by atoms with E-state index in [2.05, 4.69) is 0 Å². The van der Waals surface area contributed by atoms with Gasteiger partial charge >= 0.3 is 11.9 Å². The first kappa shape index (κ1) is 33.6. The van der Waals surface area contributed by atoms with Crippen LogP contribution in [0.15, 0.2) is 59.5 Å². The molecule has 2 N–H and O–H groups in total. The van der Waals surface area contributed by atoms with Crippen molar-refractivity contribution in [1.29, 1.82) is 0 Å². The Morgan fingerprint density at radius 3 is 2.31 bits per heavy atom. The van der Waals surface area contributed by atoms with E-state index in [0.29, 0.717) is 48.0 Å². The summed E-state index contributed by atoms with van der Waals surface area (Å²) in [6, 6.07) is 16.2. The molecule has 0 bridgehead atoms. The summed E-state index contributed by atoms with van der Waals surface area (Å²) in [4.78, 5) is 22.3. The van der Waals surface area contributed by atoms with Crippen LogP contribution in [0.3, 0.4) is 0 Å². The summed E-state index contributed by atoms with van der Waals surface area (Å²) in [5, 5.41) is 18.1. The molecule has 0 amide bonds. The lowest BCUT2D eigenvalue weighted by molar-refractivity contribution is -0.138. The Morgan fingerprint density at radius 2 is 1.53 bits per heavy atom. The van der Waals surface area contributed by atoms with E-state index in [9.17, 15) is 23.1 Å². The topological polar surface area (TPSA) is 146 Å². The lowest BCUT2D eigenvalue weighted by Gasteiger charge is -2.15. The number of carboxylic acid groups (broad SMARTS) is 2. The highest BCUT2D eigenvalue weighted by molar-refractivity contribution is 7.91. The number of aliphatic carboxylic acids is 2. The van der Waals surface area contributed by atoms with Gasteiger partial charge in [0.1, 0.15) is 11.5 Å². The van der Waals surface area contributed by atoms with Crippen LogP contribution in [0.4, 0.5) is 0 Å². The summed E-state index contributed by atoms with van der Waals surface area (Å²) in [6.45, 7) is 2.45. The molecule has 1 aliphatic rings. The third-order valence-electron chi connectivity index (χ3n) is 7.55. The number of carbonyl (C=O) groups is 2. The lowest BCUT2D eigenvalue weighted by atomic mass is 9.97. The normalized spacial score (nSPS) is 12.2. The Hall–Kier alpha value is -4.25. The van der Waals surface area contributed by atoms with E-state index in [4.69, 9.17) is 24.1 Å². The van der Waals surface area contributed by atoms with Gasteiger partial charge < -0.3 is 29.2 Å². The molecule has 45 heavy (non-hydrogen) atoms. The van der Waals surface area contributed by atoms with Gasteiger partial charge in [-0.2, -0.15) is 0 Å². The first-order valence-electron chi connectivity index (χ1n) is 15.2. The first-order chi connectivity index (χ1) is 21.7. The minimum atomic E-state index is -3.46. The van der Waals surface area contributed by atoms with Gasteiger partial charge in [-0.25, -0.2) is 8.42 Å². The number of fused-ring (bicyclic) bond motifs is 1. The molecule has 4 rings (SSSR count). The van der Waals surface area contributed by atoms with Crippen molar-refractivity contribution >= 4 is 21.8 Å². The average Bonchev–Trinajstić information content (AvgIpc) is 3.50. The Balaban J connectivity index is 1.31.